The fourth-order valence-electron chi connectivity index (χ4n) is 3.57. The summed E-state index contributed by atoms with van der Waals surface area (Å²) < 4.78 is 21.5. The molecule has 30 heavy (non-hydrogen) atoms. The van der Waals surface area contributed by atoms with E-state index in [-0.39, 0.29) is 6.10 Å². The molecule has 0 aliphatic heterocycles. The number of anilines is 2. The van der Waals surface area contributed by atoms with Crippen molar-refractivity contribution < 1.29 is 23.7 Å². The lowest BCUT2D eigenvalue weighted by Crippen LogP contribution is -2.14. The van der Waals surface area contributed by atoms with Gasteiger partial charge in [0.25, 0.3) is 6.47 Å². The number of carbonyl (C=O) groups is 1. The zero-order valence-electron chi connectivity index (χ0n) is 18.0. The molecule has 0 amide bonds. The van der Waals surface area contributed by atoms with Gasteiger partial charge >= 0.3 is 0 Å². The summed E-state index contributed by atoms with van der Waals surface area (Å²) >= 11 is 0. The molecule has 7 heteroatoms. The van der Waals surface area contributed by atoms with E-state index in [1.165, 1.54) is 0 Å². The molecule has 0 aliphatic carbocycles. The fraction of sp³-hybridized carbons (Fsp3) is 0.348. The Bertz CT molecular complexity index is 1000. The van der Waals surface area contributed by atoms with Crippen LogP contribution in [0.15, 0.2) is 30.3 Å². The number of fused-ring (bicyclic) bond motifs is 1. The van der Waals surface area contributed by atoms with Gasteiger partial charge in [-0.05, 0) is 37.1 Å². The number of hydrogen-bond donors (Lipinski definition) is 2. The number of nitrogens with one attached hydrogen (secondary N) is 2. The third-order valence-electron chi connectivity index (χ3n) is 5.03. The number of aromatic nitrogens is 1. The highest BCUT2D eigenvalue weighted by Gasteiger charge is 2.16. The molecule has 1 heterocycles. The SMILES string of the molecule is CCC(Cc1cc2c(Nc3cc(OC)c(OC)c(OC)c3)cc(C)cc2[nH]1)OC=O. The van der Waals surface area contributed by atoms with Crippen LogP contribution >= 0.6 is 0 Å². The Hall–Kier alpha value is -3.35. The number of methoxy groups -OCH3 is 3. The van der Waals surface area contributed by atoms with Crippen molar-refractivity contribution in [3.8, 4) is 17.2 Å². The monoisotopic (exact) mass is 412 g/mol. The number of hydrogen-bond acceptors (Lipinski definition) is 6. The molecule has 160 valence electrons. The molecule has 2 N–H and O–H groups in total. The van der Waals surface area contributed by atoms with Crippen molar-refractivity contribution in [1.29, 1.82) is 0 Å². The molecule has 0 fully saturated rings. The van der Waals surface area contributed by atoms with E-state index in [2.05, 4.69) is 28.5 Å². The van der Waals surface area contributed by atoms with Gasteiger partial charge in [0, 0.05) is 46.5 Å². The van der Waals surface area contributed by atoms with Crippen LogP contribution < -0.4 is 19.5 Å². The summed E-state index contributed by atoms with van der Waals surface area (Å²) in [5.74, 6) is 1.70. The maximum Gasteiger partial charge on any atom is 0.293 e. The van der Waals surface area contributed by atoms with Crippen molar-refractivity contribution in [3.63, 3.8) is 0 Å². The Morgan fingerprint density at radius 1 is 1.03 bits per heavy atom. The molecule has 0 bridgehead atoms. The fourth-order valence-corrected chi connectivity index (χ4v) is 3.57. The Labute approximate surface area is 176 Å². The number of aryl methyl sites for hydroxylation is 1. The van der Waals surface area contributed by atoms with Crippen LogP contribution in [0, 0.1) is 6.92 Å². The van der Waals surface area contributed by atoms with Crippen molar-refractivity contribution >= 4 is 28.7 Å². The Kier molecular flexibility index (Phi) is 6.72. The van der Waals surface area contributed by atoms with Crippen LogP contribution in [0.25, 0.3) is 10.9 Å². The minimum Gasteiger partial charge on any atom is -0.493 e. The van der Waals surface area contributed by atoms with Crippen molar-refractivity contribution in [2.45, 2.75) is 32.8 Å². The molecule has 0 spiro atoms. The minimum atomic E-state index is -0.150. The first-order valence-electron chi connectivity index (χ1n) is 9.81. The van der Waals surface area contributed by atoms with Crippen molar-refractivity contribution in [2.75, 3.05) is 26.6 Å². The van der Waals surface area contributed by atoms with E-state index in [9.17, 15) is 4.79 Å². The summed E-state index contributed by atoms with van der Waals surface area (Å²) in [7, 11) is 4.77. The van der Waals surface area contributed by atoms with Crippen molar-refractivity contribution in [1.82, 2.24) is 4.98 Å². The number of carbonyl (C=O) groups excluding carboxylic acids is 1. The van der Waals surface area contributed by atoms with Gasteiger partial charge in [-0.1, -0.05) is 6.92 Å². The van der Waals surface area contributed by atoms with Crippen molar-refractivity contribution in [3.05, 3.63) is 41.6 Å². The normalized spacial score (nSPS) is 11.8. The number of H-pyrrole nitrogens is 1. The van der Waals surface area contributed by atoms with Crippen LogP contribution in [0.1, 0.15) is 24.6 Å². The van der Waals surface area contributed by atoms with E-state index < -0.39 is 0 Å². The maximum absolute atomic E-state index is 10.7. The first-order valence-corrected chi connectivity index (χ1v) is 9.81. The van der Waals surface area contributed by atoms with Gasteiger partial charge in [0.2, 0.25) is 5.75 Å². The lowest BCUT2D eigenvalue weighted by atomic mass is 10.1. The van der Waals surface area contributed by atoms with Crippen LogP contribution in [-0.2, 0) is 16.0 Å². The molecular weight excluding hydrogens is 384 g/mol. The molecule has 2 aromatic carbocycles. The molecular formula is C23H28N2O5. The number of ether oxygens (including phenoxy) is 4. The molecule has 0 saturated carbocycles. The molecule has 3 rings (SSSR count). The van der Waals surface area contributed by atoms with E-state index in [1.807, 2.05) is 26.0 Å². The second kappa shape index (κ2) is 9.43. The first-order chi connectivity index (χ1) is 14.5. The van der Waals surface area contributed by atoms with Gasteiger partial charge < -0.3 is 29.2 Å². The number of aromatic amines is 1. The zero-order valence-corrected chi connectivity index (χ0v) is 18.0. The first kappa shape index (κ1) is 21.4. The van der Waals surface area contributed by atoms with E-state index in [4.69, 9.17) is 18.9 Å². The topological polar surface area (TPSA) is 81.8 Å². The third-order valence-corrected chi connectivity index (χ3v) is 5.03. The summed E-state index contributed by atoms with van der Waals surface area (Å²) in [5.41, 5.74) is 4.90. The van der Waals surface area contributed by atoms with E-state index in [1.54, 1.807) is 21.3 Å². The zero-order chi connectivity index (χ0) is 21.7. The minimum absolute atomic E-state index is 0.150. The van der Waals surface area contributed by atoms with Crippen molar-refractivity contribution in [2.24, 2.45) is 0 Å². The summed E-state index contributed by atoms with van der Waals surface area (Å²) in [5, 5.41) is 4.52. The van der Waals surface area contributed by atoms with Gasteiger partial charge in [0.1, 0.15) is 6.10 Å². The largest absolute Gasteiger partial charge is 0.493 e. The highest BCUT2D eigenvalue weighted by atomic mass is 16.5. The van der Waals surface area contributed by atoms with Crippen LogP contribution in [0.2, 0.25) is 0 Å². The third kappa shape index (κ3) is 4.45. The maximum atomic E-state index is 10.7. The molecule has 0 saturated heterocycles. The summed E-state index contributed by atoms with van der Waals surface area (Å²) in [6.07, 6.45) is 1.24. The second-order valence-electron chi connectivity index (χ2n) is 7.07. The predicted octanol–water partition coefficient (Wildman–Crippen LogP) is 4.74. The Balaban J connectivity index is 1.99. The smallest absolute Gasteiger partial charge is 0.293 e. The molecule has 1 aromatic heterocycles. The summed E-state index contributed by atoms with van der Waals surface area (Å²) in [4.78, 5) is 14.2. The molecule has 3 aromatic rings. The second-order valence-corrected chi connectivity index (χ2v) is 7.07. The Morgan fingerprint density at radius 2 is 1.73 bits per heavy atom. The molecule has 0 radical (unpaired) electrons. The van der Waals surface area contributed by atoms with E-state index in [0.717, 1.165) is 40.0 Å². The average Bonchev–Trinajstić information content (AvgIpc) is 3.14. The number of benzene rings is 2. The van der Waals surface area contributed by atoms with Crippen LogP contribution in [0.3, 0.4) is 0 Å². The van der Waals surface area contributed by atoms with Crippen LogP contribution in [0.4, 0.5) is 11.4 Å². The van der Waals surface area contributed by atoms with E-state index >= 15 is 0 Å². The average molecular weight is 412 g/mol. The van der Waals surface area contributed by atoms with Gasteiger partial charge in [-0.2, -0.15) is 0 Å². The van der Waals surface area contributed by atoms with Crippen LogP contribution in [0.5, 0.6) is 17.2 Å². The molecule has 1 unspecified atom stereocenters. The van der Waals surface area contributed by atoms with Gasteiger partial charge in [-0.15, -0.1) is 0 Å². The van der Waals surface area contributed by atoms with Gasteiger partial charge in [0.15, 0.2) is 11.5 Å². The summed E-state index contributed by atoms with van der Waals surface area (Å²) in [6.45, 7) is 4.56. The lowest BCUT2D eigenvalue weighted by Gasteiger charge is -2.16. The van der Waals surface area contributed by atoms with E-state index in [0.29, 0.717) is 30.1 Å². The van der Waals surface area contributed by atoms with Gasteiger partial charge in [-0.25, -0.2) is 0 Å². The molecule has 0 aliphatic rings. The lowest BCUT2D eigenvalue weighted by molar-refractivity contribution is -0.133. The van der Waals surface area contributed by atoms with Gasteiger partial charge in [0.05, 0.1) is 21.3 Å². The molecule has 7 nitrogen and oxygen atoms in total. The van der Waals surface area contributed by atoms with Crippen LogP contribution in [-0.4, -0.2) is 38.9 Å². The molecule has 1 atom stereocenters. The predicted molar refractivity (Wildman–Crippen MR) is 117 cm³/mol. The van der Waals surface area contributed by atoms with Gasteiger partial charge in [-0.3, -0.25) is 4.79 Å². The number of rotatable bonds is 10. The summed E-state index contributed by atoms with van der Waals surface area (Å²) in [6, 6.07) is 10.0. The quantitative estimate of drug-likeness (QED) is 0.468. The Morgan fingerprint density at radius 3 is 2.30 bits per heavy atom. The highest BCUT2D eigenvalue weighted by molar-refractivity contribution is 5.95. The highest BCUT2D eigenvalue weighted by Crippen LogP contribution is 2.41. The standard InChI is InChI=1S/C23H28N2O5/c1-6-17(30-13-26)9-15-10-18-19(24-15)7-14(2)8-20(18)25-16-11-21(27-3)23(29-5)22(12-16)28-4/h7-8,10-13,17,24-25H,6,9H2,1-5H3.